The average molecular weight is 158 g/mol. The lowest BCUT2D eigenvalue weighted by Gasteiger charge is -2.25. The molecule has 0 saturated carbocycles. The van der Waals surface area contributed by atoms with Crippen molar-refractivity contribution < 1.29 is 0 Å². The van der Waals surface area contributed by atoms with Gasteiger partial charge in [0, 0.05) is 18.3 Å². The number of alkyl halides is 1. The maximum atomic E-state index is 6.17. The Morgan fingerprint density at radius 1 is 1.60 bits per heavy atom. The Labute approximate surface area is 66.8 Å². The van der Waals surface area contributed by atoms with Gasteiger partial charge in [-0.05, 0) is 26.3 Å². The quantitative estimate of drug-likeness (QED) is 0.480. The van der Waals surface area contributed by atoms with Crippen LogP contribution in [0.3, 0.4) is 0 Å². The molecule has 0 aliphatic carbocycles. The van der Waals surface area contributed by atoms with Gasteiger partial charge in [-0.3, -0.25) is 4.99 Å². The van der Waals surface area contributed by atoms with Crippen molar-refractivity contribution in [2.75, 3.05) is 0 Å². The SMILES string of the molecule is CC1=CN=C(C)CC1(C)Cl. The van der Waals surface area contributed by atoms with E-state index >= 15 is 0 Å². The van der Waals surface area contributed by atoms with Crippen molar-refractivity contribution >= 4 is 17.3 Å². The van der Waals surface area contributed by atoms with Crippen LogP contribution in [0.4, 0.5) is 0 Å². The molecule has 2 heteroatoms. The normalized spacial score (nSPS) is 33.2. The second kappa shape index (κ2) is 2.39. The second-order valence-corrected chi connectivity index (χ2v) is 3.88. The molecule has 0 aromatic heterocycles. The molecule has 0 saturated heterocycles. The molecule has 0 aromatic carbocycles. The topological polar surface area (TPSA) is 12.4 Å². The smallest absolute Gasteiger partial charge is 0.0693 e. The molecule has 10 heavy (non-hydrogen) atoms. The fourth-order valence-electron chi connectivity index (χ4n) is 1.01. The van der Waals surface area contributed by atoms with Crippen LogP contribution in [0.15, 0.2) is 16.8 Å². The van der Waals surface area contributed by atoms with Gasteiger partial charge >= 0.3 is 0 Å². The van der Waals surface area contributed by atoms with Gasteiger partial charge in [0.25, 0.3) is 0 Å². The van der Waals surface area contributed by atoms with E-state index in [1.165, 1.54) is 0 Å². The molecule has 1 aliphatic heterocycles. The summed E-state index contributed by atoms with van der Waals surface area (Å²) < 4.78 is 0. The van der Waals surface area contributed by atoms with Gasteiger partial charge in [0.05, 0.1) is 4.87 Å². The average Bonchev–Trinajstić information content (AvgIpc) is 1.78. The van der Waals surface area contributed by atoms with Gasteiger partial charge in [-0.15, -0.1) is 11.6 Å². The van der Waals surface area contributed by atoms with Crippen LogP contribution in [0.2, 0.25) is 0 Å². The summed E-state index contributed by atoms with van der Waals surface area (Å²) in [6, 6.07) is 0. The van der Waals surface area contributed by atoms with Crippen LogP contribution < -0.4 is 0 Å². The van der Waals surface area contributed by atoms with E-state index in [2.05, 4.69) is 4.99 Å². The molecule has 0 N–H and O–H groups in total. The number of nitrogens with zero attached hydrogens (tertiary/aromatic N) is 1. The first-order valence-corrected chi connectivity index (χ1v) is 3.79. The first-order chi connectivity index (χ1) is 4.52. The highest BCUT2D eigenvalue weighted by molar-refractivity contribution is 6.27. The summed E-state index contributed by atoms with van der Waals surface area (Å²) in [4.78, 5) is 3.99. The first-order valence-electron chi connectivity index (χ1n) is 3.42. The predicted octanol–water partition coefficient (Wildman–Crippen LogP) is 2.75. The molecular weight excluding hydrogens is 146 g/mol. The Bertz CT molecular complexity index is 201. The van der Waals surface area contributed by atoms with Crippen molar-refractivity contribution in [2.24, 2.45) is 4.99 Å². The Hall–Kier alpha value is -0.300. The minimum Gasteiger partial charge on any atom is -0.266 e. The molecule has 1 nitrogen and oxygen atoms in total. The largest absolute Gasteiger partial charge is 0.266 e. The molecule has 0 fully saturated rings. The molecule has 1 heterocycles. The van der Waals surface area contributed by atoms with E-state index in [1.807, 2.05) is 27.0 Å². The number of rotatable bonds is 0. The van der Waals surface area contributed by atoms with Crippen LogP contribution in [0.1, 0.15) is 27.2 Å². The molecule has 0 bridgehead atoms. The monoisotopic (exact) mass is 157 g/mol. The van der Waals surface area contributed by atoms with Crippen LogP contribution in [-0.2, 0) is 0 Å². The molecule has 0 spiro atoms. The standard InChI is InChI=1S/C8H12ClN/c1-6-5-10-7(2)4-8(6,3)9/h5H,4H2,1-3H3. The third-order valence-corrected chi connectivity index (χ3v) is 2.32. The number of allylic oxidation sites excluding steroid dienone is 1. The lowest BCUT2D eigenvalue weighted by molar-refractivity contribution is 0.745. The summed E-state index contributed by atoms with van der Waals surface area (Å²) in [5.41, 5.74) is 2.27. The molecule has 1 aliphatic rings. The second-order valence-electron chi connectivity index (χ2n) is 3.05. The molecule has 0 aromatic rings. The number of hydrogen-bond acceptors (Lipinski definition) is 1. The highest BCUT2D eigenvalue weighted by atomic mass is 35.5. The summed E-state index contributed by atoms with van der Waals surface area (Å²) in [5.74, 6) is 0. The van der Waals surface area contributed by atoms with E-state index in [0.29, 0.717) is 0 Å². The maximum absolute atomic E-state index is 6.17. The van der Waals surface area contributed by atoms with Crippen molar-refractivity contribution in [3.05, 3.63) is 11.8 Å². The van der Waals surface area contributed by atoms with E-state index in [0.717, 1.165) is 17.7 Å². The van der Waals surface area contributed by atoms with Crippen molar-refractivity contribution in [3.8, 4) is 0 Å². The third kappa shape index (κ3) is 1.40. The van der Waals surface area contributed by atoms with E-state index in [4.69, 9.17) is 11.6 Å². The van der Waals surface area contributed by atoms with Gasteiger partial charge in [0.15, 0.2) is 0 Å². The van der Waals surface area contributed by atoms with Gasteiger partial charge in [0.2, 0.25) is 0 Å². The molecule has 56 valence electrons. The summed E-state index contributed by atoms with van der Waals surface area (Å²) >= 11 is 6.17. The van der Waals surface area contributed by atoms with Crippen LogP contribution in [-0.4, -0.2) is 10.6 Å². The number of halogens is 1. The summed E-state index contributed by atoms with van der Waals surface area (Å²) in [6.45, 7) is 6.05. The zero-order valence-electron chi connectivity index (χ0n) is 6.61. The van der Waals surface area contributed by atoms with E-state index < -0.39 is 0 Å². The number of hydrogen-bond donors (Lipinski definition) is 0. The Balaban J connectivity index is 2.89. The van der Waals surface area contributed by atoms with Gasteiger partial charge in [-0.2, -0.15) is 0 Å². The number of aliphatic imine (C=N–C) groups is 1. The van der Waals surface area contributed by atoms with Crippen LogP contribution in [0.5, 0.6) is 0 Å². The van der Waals surface area contributed by atoms with Crippen LogP contribution in [0.25, 0.3) is 0 Å². The van der Waals surface area contributed by atoms with Crippen molar-refractivity contribution in [1.82, 2.24) is 0 Å². The minimum absolute atomic E-state index is 0.189. The summed E-state index contributed by atoms with van der Waals surface area (Å²) in [6.07, 6.45) is 2.72. The lowest BCUT2D eigenvalue weighted by Crippen LogP contribution is -2.24. The lowest BCUT2D eigenvalue weighted by atomic mass is 9.94. The van der Waals surface area contributed by atoms with Crippen molar-refractivity contribution in [2.45, 2.75) is 32.1 Å². The first kappa shape index (κ1) is 7.80. The predicted molar refractivity (Wildman–Crippen MR) is 45.7 cm³/mol. The molecule has 0 radical (unpaired) electrons. The summed E-state index contributed by atoms with van der Waals surface area (Å²) in [5, 5.41) is 0. The fraction of sp³-hybridized carbons (Fsp3) is 0.625. The zero-order chi connectivity index (χ0) is 7.78. The van der Waals surface area contributed by atoms with E-state index in [9.17, 15) is 0 Å². The summed E-state index contributed by atoms with van der Waals surface area (Å²) in [7, 11) is 0. The van der Waals surface area contributed by atoms with Crippen molar-refractivity contribution in [1.29, 1.82) is 0 Å². The van der Waals surface area contributed by atoms with Gasteiger partial charge in [-0.25, -0.2) is 0 Å². The fourth-order valence-corrected chi connectivity index (χ4v) is 1.25. The molecule has 1 unspecified atom stereocenters. The van der Waals surface area contributed by atoms with Crippen molar-refractivity contribution in [3.63, 3.8) is 0 Å². The Kier molecular flexibility index (Phi) is 1.86. The molecule has 0 amide bonds. The highest BCUT2D eigenvalue weighted by Crippen LogP contribution is 2.31. The highest BCUT2D eigenvalue weighted by Gasteiger charge is 2.26. The minimum atomic E-state index is -0.189. The third-order valence-electron chi connectivity index (χ3n) is 1.89. The Morgan fingerprint density at radius 2 is 2.20 bits per heavy atom. The van der Waals surface area contributed by atoms with Gasteiger partial charge in [0.1, 0.15) is 0 Å². The van der Waals surface area contributed by atoms with E-state index in [-0.39, 0.29) is 4.87 Å². The van der Waals surface area contributed by atoms with Crippen LogP contribution in [0, 0.1) is 0 Å². The molecule has 1 atom stereocenters. The zero-order valence-corrected chi connectivity index (χ0v) is 7.37. The molecule has 1 rings (SSSR count). The van der Waals surface area contributed by atoms with E-state index in [1.54, 1.807) is 0 Å². The molecular formula is C8H12ClN. The Morgan fingerprint density at radius 3 is 2.60 bits per heavy atom. The van der Waals surface area contributed by atoms with Gasteiger partial charge in [-0.1, -0.05) is 0 Å². The van der Waals surface area contributed by atoms with Gasteiger partial charge < -0.3 is 0 Å². The maximum Gasteiger partial charge on any atom is 0.0693 e. The van der Waals surface area contributed by atoms with Crippen LogP contribution >= 0.6 is 11.6 Å².